The number of carbonyl (C=O) groups excluding carboxylic acids is 1. The molecule has 6 heteroatoms. The summed E-state index contributed by atoms with van der Waals surface area (Å²) < 4.78 is 0. The number of hydrogen-bond donors (Lipinski definition) is 1. The molecular weight excluding hydrogens is 248 g/mol. The third-order valence-electron chi connectivity index (χ3n) is 2.36. The van der Waals surface area contributed by atoms with Crippen molar-refractivity contribution >= 4 is 29.1 Å². The van der Waals surface area contributed by atoms with Crippen molar-refractivity contribution in [3.8, 4) is 0 Å². The highest BCUT2D eigenvalue weighted by Gasteiger charge is 2.32. The number of amides is 1. The summed E-state index contributed by atoms with van der Waals surface area (Å²) in [4.78, 5) is 15.7. The number of pyridine rings is 1. The lowest BCUT2D eigenvalue weighted by atomic mass is 10.1. The molecule has 0 radical (unpaired) electrons. The number of rotatable bonds is 3. The van der Waals surface area contributed by atoms with E-state index >= 15 is 0 Å². The topological polar surface area (TPSA) is 66.7 Å². The van der Waals surface area contributed by atoms with Crippen LogP contribution in [0.5, 0.6) is 0 Å². The van der Waals surface area contributed by atoms with Crippen molar-refractivity contribution in [3.63, 3.8) is 0 Å². The number of nitrogens with one attached hydrogen (secondary N) is 1. The molecule has 0 aromatic carbocycles. The summed E-state index contributed by atoms with van der Waals surface area (Å²) in [6.45, 7) is 4.02. The number of amidine groups is 1. The zero-order valence-corrected chi connectivity index (χ0v) is 11.0. The Morgan fingerprint density at radius 1 is 1.50 bits per heavy atom. The first-order valence-corrected chi connectivity index (χ1v) is 6.54. The summed E-state index contributed by atoms with van der Waals surface area (Å²) >= 11 is 1.42. The van der Waals surface area contributed by atoms with Gasteiger partial charge >= 0.3 is 0 Å². The monoisotopic (exact) mass is 262 g/mol. The smallest absolute Gasteiger partial charge is 0.239 e. The van der Waals surface area contributed by atoms with Crippen LogP contribution in [0.1, 0.15) is 19.5 Å². The summed E-state index contributed by atoms with van der Waals surface area (Å²) in [6.07, 6.45) is 3.25. The fraction of sp³-hybridized carbons (Fsp3) is 0.333. The van der Waals surface area contributed by atoms with Gasteiger partial charge in [0.2, 0.25) is 5.91 Å². The molecular formula is C12H14N4OS. The molecule has 18 heavy (non-hydrogen) atoms. The fourth-order valence-electron chi connectivity index (χ4n) is 1.46. The lowest BCUT2D eigenvalue weighted by molar-refractivity contribution is -0.119. The SMILES string of the molecule is CC(C)C1S/C(=N/N=C/c2ccccn2)NC1=O. The first kappa shape index (κ1) is 12.8. The quantitative estimate of drug-likeness (QED) is 0.665. The number of aromatic nitrogens is 1. The highest BCUT2D eigenvalue weighted by molar-refractivity contribution is 8.15. The third kappa shape index (κ3) is 3.16. The predicted molar refractivity (Wildman–Crippen MR) is 73.6 cm³/mol. The summed E-state index contributed by atoms with van der Waals surface area (Å²) in [5, 5.41) is 11.1. The van der Waals surface area contributed by atoms with Crippen molar-refractivity contribution in [1.82, 2.24) is 10.3 Å². The Balaban J connectivity index is 2.00. The van der Waals surface area contributed by atoms with Crippen molar-refractivity contribution in [1.29, 1.82) is 0 Å². The molecule has 1 fully saturated rings. The molecule has 94 valence electrons. The molecule has 2 rings (SSSR count). The Morgan fingerprint density at radius 3 is 2.94 bits per heavy atom. The van der Waals surface area contributed by atoms with Crippen LogP contribution in [0.2, 0.25) is 0 Å². The third-order valence-corrected chi connectivity index (χ3v) is 3.78. The molecule has 1 saturated heterocycles. The normalized spacial score (nSPS) is 22.1. The Hall–Kier alpha value is -1.69. The zero-order chi connectivity index (χ0) is 13.0. The molecule has 0 spiro atoms. The van der Waals surface area contributed by atoms with Crippen LogP contribution in [0.3, 0.4) is 0 Å². The maximum absolute atomic E-state index is 11.6. The minimum absolute atomic E-state index is 0.00165. The van der Waals surface area contributed by atoms with Gasteiger partial charge in [0, 0.05) is 6.20 Å². The number of nitrogens with zero attached hydrogens (tertiary/aromatic N) is 3. The first-order chi connectivity index (χ1) is 8.66. The number of thioether (sulfide) groups is 1. The van der Waals surface area contributed by atoms with Crippen LogP contribution < -0.4 is 5.32 Å². The second-order valence-electron chi connectivity index (χ2n) is 4.18. The van der Waals surface area contributed by atoms with Gasteiger partial charge in [-0.05, 0) is 18.1 Å². The number of hydrogen-bond acceptors (Lipinski definition) is 5. The van der Waals surface area contributed by atoms with Gasteiger partial charge in [0.15, 0.2) is 5.17 Å². The molecule has 2 heterocycles. The van der Waals surface area contributed by atoms with E-state index in [1.807, 2.05) is 32.0 Å². The minimum atomic E-state index is -0.0752. The Morgan fingerprint density at radius 2 is 2.33 bits per heavy atom. The lowest BCUT2D eigenvalue weighted by Crippen LogP contribution is -2.27. The maximum Gasteiger partial charge on any atom is 0.239 e. The Labute approximate surface area is 110 Å². The van der Waals surface area contributed by atoms with E-state index in [4.69, 9.17) is 0 Å². The second kappa shape index (κ2) is 5.77. The van der Waals surface area contributed by atoms with Crippen LogP contribution in [0.4, 0.5) is 0 Å². The van der Waals surface area contributed by atoms with E-state index in [0.717, 1.165) is 5.69 Å². The van der Waals surface area contributed by atoms with Gasteiger partial charge < -0.3 is 5.32 Å². The van der Waals surface area contributed by atoms with E-state index in [1.165, 1.54) is 11.8 Å². The zero-order valence-electron chi connectivity index (χ0n) is 10.2. The van der Waals surface area contributed by atoms with Crippen LogP contribution in [-0.4, -0.2) is 27.5 Å². The van der Waals surface area contributed by atoms with Gasteiger partial charge in [-0.2, -0.15) is 5.10 Å². The summed E-state index contributed by atoms with van der Waals surface area (Å²) in [5.41, 5.74) is 0.733. The molecule has 5 nitrogen and oxygen atoms in total. The van der Waals surface area contributed by atoms with Gasteiger partial charge in [0.1, 0.15) is 0 Å². The number of carbonyl (C=O) groups is 1. The van der Waals surface area contributed by atoms with Crippen LogP contribution in [-0.2, 0) is 4.79 Å². The maximum atomic E-state index is 11.6. The largest absolute Gasteiger partial charge is 0.303 e. The van der Waals surface area contributed by atoms with Gasteiger partial charge in [-0.25, -0.2) is 0 Å². The van der Waals surface area contributed by atoms with Gasteiger partial charge in [-0.1, -0.05) is 31.7 Å². The highest BCUT2D eigenvalue weighted by atomic mass is 32.2. The van der Waals surface area contributed by atoms with E-state index in [0.29, 0.717) is 5.17 Å². The Kier molecular flexibility index (Phi) is 4.09. The fourth-order valence-corrected chi connectivity index (χ4v) is 2.39. The lowest BCUT2D eigenvalue weighted by Gasteiger charge is -2.07. The van der Waals surface area contributed by atoms with E-state index in [1.54, 1.807) is 12.4 Å². The average Bonchev–Trinajstić information content (AvgIpc) is 2.72. The molecule has 1 N–H and O–H groups in total. The van der Waals surface area contributed by atoms with Gasteiger partial charge in [-0.15, -0.1) is 5.10 Å². The Bertz CT molecular complexity index is 484. The van der Waals surface area contributed by atoms with E-state index in [2.05, 4.69) is 20.5 Å². The molecule has 1 aromatic heterocycles. The second-order valence-corrected chi connectivity index (χ2v) is 5.31. The van der Waals surface area contributed by atoms with Crippen molar-refractivity contribution in [2.45, 2.75) is 19.1 Å². The summed E-state index contributed by atoms with van der Waals surface area (Å²) in [7, 11) is 0. The first-order valence-electron chi connectivity index (χ1n) is 5.66. The molecule has 0 bridgehead atoms. The molecule has 0 aliphatic carbocycles. The summed E-state index contributed by atoms with van der Waals surface area (Å²) in [6, 6.07) is 5.55. The van der Waals surface area contributed by atoms with E-state index in [-0.39, 0.29) is 17.1 Å². The molecule has 1 atom stereocenters. The van der Waals surface area contributed by atoms with Gasteiger partial charge in [0.25, 0.3) is 0 Å². The van der Waals surface area contributed by atoms with Crippen molar-refractivity contribution < 1.29 is 4.79 Å². The molecule has 1 aromatic rings. The van der Waals surface area contributed by atoms with Crippen LogP contribution >= 0.6 is 11.8 Å². The van der Waals surface area contributed by atoms with Crippen molar-refractivity contribution in [3.05, 3.63) is 30.1 Å². The molecule has 1 unspecified atom stereocenters. The van der Waals surface area contributed by atoms with Crippen LogP contribution in [0.25, 0.3) is 0 Å². The minimum Gasteiger partial charge on any atom is -0.303 e. The molecule has 1 aliphatic heterocycles. The molecule has 1 aliphatic rings. The van der Waals surface area contributed by atoms with Gasteiger partial charge in [-0.3, -0.25) is 9.78 Å². The molecule has 1 amide bonds. The van der Waals surface area contributed by atoms with Crippen molar-refractivity contribution in [2.24, 2.45) is 16.1 Å². The predicted octanol–water partition coefficient (Wildman–Crippen LogP) is 1.66. The standard InChI is InChI=1S/C12H14N4OS/c1-8(2)10-11(17)15-12(18-10)16-14-7-9-5-3-4-6-13-9/h3-8,10H,1-2H3,(H,15,16,17)/b14-7+. The van der Waals surface area contributed by atoms with Crippen LogP contribution in [0.15, 0.2) is 34.6 Å². The van der Waals surface area contributed by atoms with E-state index < -0.39 is 0 Å². The average molecular weight is 262 g/mol. The molecule has 0 saturated carbocycles. The van der Waals surface area contributed by atoms with Gasteiger partial charge in [0.05, 0.1) is 17.2 Å². The van der Waals surface area contributed by atoms with E-state index in [9.17, 15) is 4.79 Å². The summed E-state index contributed by atoms with van der Waals surface area (Å²) in [5.74, 6) is 0.282. The van der Waals surface area contributed by atoms with Crippen molar-refractivity contribution in [2.75, 3.05) is 0 Å². The highest BCUT2D eigenvalue weighted by Crippen LogP contribution is 2.25. The van der Waals surface area contributed by atoms with Crippen LogP contribution in [0, 0.1) is 5.92 Å².